The van der Waals surface area contributed by atoms with Crippen molar-refractivity contribution in [1.29, 1.82) is 0 Å². The molecule has 0 saturated carbocycles. The molecule has 1 fully saturated rings. The average Bonchev–Trinajstić information content (AvgIpc) is 2.50. The summed E-state index contributed by atoms with van der Waals surface area (Å²) in [7, 11) is 0. The summed E-state index contributed by atoms with van der Waals surface area (Å²) < 4.78 is 0. The molecule has 1 aliphatic heterocycles. The number of hydrogen-bond donors (Lipinski definition) is 2. The van der Waals surface area contributed by atoms with Crippen LogP contribution in [0.5, 0.6) is 0 Å². The maximum atomic E-state index is 8.97. The second-order valence-corrected chi connectivity index (χ2v) is 4.38. The molecule has 2 atom stereocenters. The molecule has 1 aliphatic rings. The topological polar surface area (TPSA) is 49.5 Å². The fraction of sp³-hybridized carbons (Fsp3) is 0.889. The van der Waals surface area contributed by atoms with Crippen LogP contribution in [-0.4, -0.2) is 40.7 Å². The summed E-state index contributed by atoms with van der Waals surface area (Å²) in [4.78, 5) is 2.93. The van der Waals surface area contributed by atoms with Gasteiger partial charge in [0.15, 0.2) is 0 Å². The Balaban J connectivity index is 2.32. The monoisotopic (exact) mass is 202 g/mol. The quantitative estimate of drug-likeness (QED) is 0.647. The molecule has 0 bridgehead atoms. The summed E-state index contributed by atoms with van der Waals surface area (Å²) in [5.74, 6) is 0.453. The molecule has 1 saturated heterocycles. The molecule has 1 heterocycles. The Bertz CT molecular complexity index is 186. The third-order valence-electron chi connectivity index (χ3n) is 2.70. The zero-order valence-corrected chi connectivity index (χ0v) is 8.89. The van der Waals surface area contributed by atoms with E-state index in [4.69, 9.17) is 23.1 Å². The van der Waals surface area contributed by atoms with Crippen LogP contribution in [0.1, 0.15) is 19.8 Å². The number of aliphatic hydroxyl groups is 1. The standard InChI is InChI=1S/C9H18N2OS/c1-7(4-9(10)13)11-3-2-8(5-11)6-12/h7-8,12H,2-6H2,1H3,(H2,10,13). The van der Waals surface area contributed by atoms with Crippen LogP contribution in [-0.2, 0) is 0 Å². The Morgan fingerprint density at radius 1 is 1.77 bits per heavy atom. The number of nitrogens with two attached hydrogens (primary N) is 1. The van der Waals surface area contributed by atoms with Crippen molar-refractivity contribution in [1.82, 2.24) is 4.90 Å². The van der Waals surface area contributed by atoms with Crippen LogP contribution in [0.4, 0.5) is 0 Å². The van der Waals surface area contributed by atoms with Crippen molar-refractivity contribution in [2.45, 2.75) is 25.8 Å². The molecular formula is C9H18N2OS. The van der Waals surface area contributed by atoms with Crippen molar-refractivity contribution in [3.05, 3.63) is 0 Å². The van der Waals surface area contributed by atoms with Gasteiger partial charge in [-0.3, -0.25) is 4.90 Å². The van der Waals surface area contributed by atoms with Gasteiger partial charge in [0, 0.05) is 25.6 Å². The van der Waals surface area contributed by atoms with Crippen LogP contribution < -0.4 is 5.73 Å². The molecule has 1 rings (SSSR count). The fourth-order valence-corrected chi connectivity index (χ4v) is 2.07. The Morgan fingerprint density at radius 3 is 2.92 bits per heavy atom. The molecule has 0 aromatic rings. The van der Waals surface area contributed by atoms with Crippen molar-refractivity contribution in [2.75, 3.05) is 19.7 Å². The van der Waals surface area contributed by atoms with E-state index in [1.54, 1.807) is 0 Å². The largest absolute Gasteiger partial charge is 0.396 e. The van der Waals surface area contributed by atoms with Gasteiger partial charge in [-0.15, -0.1) is 0 Å². The fourth-order valence-electron chi connectivity index (χ4n) is 1.83. The molecule has 3 N–H and O–H groups in total. The molecule has 0 radical (unpaired) electrons. The van der Waals surface area contributed by atoms with E-state index in [0.29, 0.717) is 23.6 Å². The van der Waals surface area contributed by atoms with Crippen molar-refractivity contribution < 1.29 is 5.11 Å². The van der Waals surface area contributed by atoms with Gasteiger partial charge in [0.25, 0.3) is 0 Å². The summed E-state index contributed by atoms with van der Waals surface area (Å²) >= 11 is 4.87. The van der Waals surface area contributed by atoms with Crippen LogP contribution in [0.15, 0.2) is 0 Å². The first kappa shape index (κ1) is 10.9. The average molecular weight is 202 g/mol. The first-order valence-electron chi connectivity index (χ1n) is 4.76. The lowest BCUT2D eigenvalue weighted by Gasteiger charge is -2.23. The summed E-state index contributed by atoms with van der Waals surface area (Å²) in [6.07, 6.45) is 1.88. The number of thiocarbonyl (C=S) groups is 1. The van der Waals surface area contributed by atoms with E-state index in [0.717, 1.165) is 25.9 Å². The molecule has 0 aromatic heterocycles. The highest BCUT2D eigenvalue weighted by Gasteiger charge is 2.25. The minimum Gasteiger partial charge on any atom is -0.396 e. The minimum atomic E-state index is 0.302. The van der Waals surface area contributed by atoms with Crippen molar-refractivity contribution in [2.24, 2.45) is 11.7 Å². The smallest absolute Gasteiger partial charge is 0.0742 e. The highest BCUT2D eigenvalue weighted by atomic mass is 32.1. The van der Waals surface area contributed by atoms with E-state index in [1.165, 1.54) is 0 Å². The van der Waals surface area contributed by atoms with Gasteiger partial charge in [-0.25, -0.2) is 0 Å². The van der Waals surface area contributed by atoms with E-state index >= 15 is 0 Å². The van der Waals surface area contributed by atoms with Crippen LogP contribution in [0.3, 0.4) is 0 Å². The Hall–Kier alpha value is -0.190. The first-order valence-corrected chi connectivity index (χ1v) is 5.17. The van der Waals surface area contributed by atoms with Crippen LogP contribution in [0.2, 0.25) is 0 Å². The zero-order valence-electron chi connectivity index (χ0n) is 8.07. The van der Waals surface area contributed by atoms with E-state index in [-0.39, 0.29) is 0 Å². The highest BCUT2D eigenvalue weighted by molar-refractivity contribution is 7.80. The summed E-state index contributed by atoms with van der Waals surface area (Å²) in [6, 6.07) is 0.425. The Labute approximate surface area is 84.9 Å². The molecule has 0 spiro atoms. The van der Waals surface area contributed by atoms with E-state index in [9.17, 15) is 0 Å². The molecule has 76 valence electrons. The third-order valence-corrected chi connectivity index (χ3v) is 2.86. The van der Waals surface area contributed by atoms with Gasteiger partial charge in [0.1, 0.15) is 0 Å². The van der Waals surface area contributed by atoms with Gasteiger partial charge in [0.05, 0.1) is 4.99 Å². The van der Waals surface area contributed by atoms with Gasteiger partial charge in [-0.1, -0.05) is 12.2 Å². The van der Waals surface area contributed by atoms with E-state index in [2.05, 4.69) is 11.8 Å². The van der Waals surface area contributed by atoms with Crippen LogP contribution in [0, 0.1) is 5.92 Å². The van der Waals surface area contributed by atoms with E-state index in [1.807, 2.05) is 0 Å². The van der Waals surface area contributed by atoms with Gasteiger partial charge in [-0.2, -0.15) is 0 Å². The predicted molar refractivity (Wildman–Crippen MR) is 57.6 cm³/mol. The first-order chi connectivity index (χ1) is 6.13. The van der Waals surface area contributed by atoms with Gasteiger partial charge < -0.3 is 10.8 Å². The molecule has 13 heavy (non-hydrogen) atoms. The minimum absolute atomic E-state index is 0.302. The Kier molecular flexibility index (Phi) is 4.09. The van der Waals surface area contributed by atoms with E-state index < -0.39 is 0 Å². The Morgan fingerprint density at radius 2 is 2.46 bits per heavy atom. The number of aliphatic hydroxyl groups excluding tert-OH is 1. The maximum Gasteiger partial charge on any atom is 0.0742 e. The molecule has 4 heteroatoms. The lowest BCUT2D eigenvalue weighted by atomic mass is 10.1. The number of rotatable bonds is 4. The lowest BCUT2D eigenvalue weighted by Crippen LogP contribution is -2.34. The third kappa shape index (κ3) is 3.21. The van der Waals surface area contributed by atoms with Crippen LogP contribution >= 0.6 is 12.2 Å². The second kappa shape index (κ2) is 4.88. The normalized spacial score (nSPS) is 26.2. The molecule has 2 unspecified atom stereocenters. The summed E-state index contributed by atoms with van der Waals surface area (Å²) in [5, 5.41) is 8.97. The predicted octanol–water partition coefficient (Wildman–Crippen LogP) is 0.365. The van der Waals surface area contributed by atoms with Crippen molar-refractivity contribution in [3.63, 3.8) is 0 Å². The SMILES string of the molecule is CC(CC(N)=S)N1CCC(CO)C1. The highest BCUT2D eigenvalue weighted by Crippen LogP contribution is 2.19. The number of nitrogens with zero attached hydrogens (tertiary/aromatic N) is 1. The van der Waals surface area contributed by atoms with Gasteiger partial charge in [-0.05, 0) is 25.8 Å². The summed E-state index contributed by atoms with van der Waals surface area (Å²) in [6.45, 7) is 4.49. The van der Waals surface area contributed by atoms with Crippen molar-refractivity contribution in [3.8, 4) is 0 Å². The maximum absolute atomic E-state index is 8.97. The zero-order chi connectivity index (χ0) is 9.84. The molecule has 0 amide bonds. The van der Waals surface area contributed by atoms with Gasteiger partial charge >= 0.3 is 0 Å². The molecule has 0 aromatic carbocycles. The molecule has 0 aliphatic carbocycles. The van der Waals surface area contributed by atoms with Crippen LogP contribution in [0.25, 0.3) is 0 Å². The van der Waals surface area contributed by atoms with Crippen molar-refractivity contribution >= 4 is 17.2 Å². The number of hydrogen-bond acceptors (Lipinski definition) is 3. The number of likely N-dealkylation sites (tertiary alicyclic amines) is 1. The molecular weight excluding hydrogens is 184 g/mol. The summed E-state index contributed by atoms with van der Waals surface area (Å²) in [5.41, 5.74) is 5.48. The lowest BCUT2D eigenvalue weighted by molar-refractivity contribution is 0.206. The van der Waals surface area contributed by atoms with Gasteiger partial charge in [0.2, 0.25) is 0 Å². The molecule has 3 nitrogen and oxygen atoms in total. The second-order valence-electron chi connectivity index (χ2n) is 3.85.